The summed E-state index contributed by atoms with van der Waals surface area (Å²) in [6, 6.07) is 5.22. The second kappa shape index (κ2) is 5.09. The summed E-state index contributed by atoms with van der Waals surface area (Å²) in [5.74, 6) is -1.09. The maximum Gasteiger partial charge on any atom is 0.355 e. The van der Waals surface area contributed by atoms with Crippen LogP contribution in [0, 0.1) is 0 Å². The number of H-pyrrole nitrogens is 1. The summed E-state index contributed by atoms with van der Waals surface area (Å²) in [6.45, 7) is 2.25. The smallest absolute Gasteiger partial charge is 0.355 e. The summed E-state index contributed by atoms with van der Waals surface area (Å²) in [7, 11) is 0. The van der Waals surface area contributed by atoms with Gasteiger partial charge >= 0.3 is 11.7 Å². The molecule has 2 N–H and O–H groups in total. The standard InChI is InChI=1S/C12H11N5O3S/c1-2-16-11(20)14-15-12(16)21-9-8(10(18)19)17-6-4-3-5-7(17)13-9/h3-6H,2H2,1H3,(H,14,20)(H,18,19). The van der Waals surface area contributed by atoms with Gasteiger partial charge in [-0.1, -0.05) is 6.07 Å². The van der Waals surface area contributed by atoms with Crippen molar-refractivity contribution in [2.24, 2.45) is 0 Å². The monoisotopic (exact) mass is 305 g/mol. The summed E-state index contributed by atoms with van der Waals surface area (Å²) < 4.78 is 2.91. The minimum Gasteiger partial charge on any atom is -0.476 e. The number of nitrogens with one attached hydrogen (secondary N) is 1. The van der Waals surface area contributed by atoms with Crippen molar-refractivity contribution in [2.45, 2.75) is 23.7 Å². The third-order valence-electron chi connectivity index (χ3n) is 2.93. The molecule has 3 aromatic heterocycles. The normalized spacial score (nSPS) is 11.1. The number of imidazole rings is 1. The first-order chi connectivity index (χ1) is 10.1. The second-order valence-electron chi connectivity index (χ2n) is 4.16. The third kappa shape index (κ3) is 2.21. The lowest BCUT2D eigenvalue weighted by molar-refractivity contribution is 0.0685. The lowest BCUT2D eigenvalue weighted by Crippen LogP contribution is -2.16. The molecule has 8 nitrogen and oxygen atoms in total. The quantitative estimate of drug-likeness (QED) is 0.747. The molecule has 0 spiro atoms. The molecule has 0 atom stereocenters. The highest BCUT2D eigenvalue weighted by molar-refractivity contribution is 7.99. The van der Waals surface area contributed by atoms with Crippen molar-refractivity contribution in [1.29, 1.82) is 0 Å². The molecule has 0 aliphatic rings. The molecule has 0 amide bonds. The summed E-state index contributed by atoms with van der Waals surface area (Å²) in [4.78, 5) is 27.3. The van der Waals surface area contributed by atoms with Crippen LogP contribution in [0.5, 0.6) is 0 Å². The van der Waals surface area contributed by atoms with E-state index in [1.165, 1.54) is 8.97 Å². The molecule has 0 fully saturated rings. The van der Waals surface area contributed by atoms with Crippen molar-refractivity contribution in [3.05, 3.63) is 40.6 Å². The summed E-state index contributed by atoms with van der Waals surface area (Å²) in [6.07, 6.45) is 1.63. The molecule has 3 heterocycles. The average molecular weight is 305 g/mol. The van der Waals surface area contributed by atoms with E-state index in [-0.39, 0.29) is 11.4 Å². The number of hydrogen-bond acceptors (Lipinski definition) is 5. The molecule has 0 saturated heterocycles. The summed E-state index contributed by atoms with van der Waals surface area (Å²) in [5, 5.41) is 16.3. The second-order valence-corrected chi connectivity index (χ2v) is 5.11. The van der Waals surface area contributed by atoms with Crippen LogP contribution in [-0.4, -0.2) is 35.2 Å². The van der Waals surface area contributed by atoms with Gasteiger partial charge in [-0.3, -0.25) is 8.97 Å². The van der Waals surface area contributed by atoms with Crippen LogP contribution in [0.15, 0.2) is 39.4 Å². The van der Waals surface area contributed by atoms with Crippen LogP contribution in [0.25, 0.3) is 5.65 Å². The van der Waals surface area contributed by atoms with Crippen LogP contribution in [0.1, 0.15) is 17.4 Å². The van der Waals surface area contributed by atoms with Gasteiger partial charge in [0, 0.05) is 12.7 Å². The fourth-order valence-electron chi connectivity index (χ4n) is 1.99. The van der Waals surface area contributed by atoms with Crippen LogP contribution in [0.4, 0.5) is 0 Å². The number of aromatic carboxylic acids is 1. The number of fused-ring (bicyclic) bond motifs is 1. The van der Waals surface area contributed by atoms with E-state index in [1.54, 1.807) is 24.4 Å². The maximum absolute atomic E-state index is 11.5. The topological polar surface area (TPSA) is 105 Å². The van der Waals surface area contributed by atoms with Gasteiger partial charge in [-0.25, -0.2) is 19.7 Å². The van der Waals surface area contributed by atoms with Crippen molar-refractivity contribution in [2.75, 3.05) is 0 Å². The number of rotatable bonds is 4. The molecule has 0 aromatic carbocycles. The number of aromatic nitrogens is 5. The first-order valence-corrected chi connectivity index (χ1v) is 6.97. The Balaban J connectivity index is 2.14. The van der Waals surface area contributed by atoms with E-state index < -0.39 is 5.97 Å². The van der Waals surface area contributed by atoms with Crippen LogP contribution >= 0.6 is 11.8 Å². The van der Waals surface area contributed by atoms with Crippen molar-refractivity contribution < 1.29 is 9.90 Å². The first-order valence-electron chi connectivity index (χ1n) is 6.15. The molecule has 0 saturated carbocycles. The Morgan fingerprint density at radius 2 is 2.29 bits per heavy atom. The van der Waals surface area contributed by atoms with E-state index >= 15 is 0 Å². The lowest BCUT2D eigenvalue weighted by Gasteiger charge is -2.01. The number of pyridine rings is 1. The van der Waals surface area contributed by atoms with Gasteiger partial charge in [0.05, 0.1) is 0 Å². The van der Waals surface area contributed by atoms with Crippen molar-refractivity contribution in [3.63, 3.8) is 0 Å². The van der Waals surface area contributed by atoms with E-state index in [2.05, 4.69) is 15.2 Å². The van der Waals surface area contributed by atoms with Crippen LogP contribution in [-0.2, 0) is 6.54 Å². The van der Waals surface area contributed by atoms with Gasteiger partial charge in [0.1, 0.15) is 10.7 Å². The maximum atomic E-state index is 11.5. The zero-order chi connectivity index (χ0) is 15.0. The average Bonchev–Trinajstić information content (AvgIpc) is 2.99. The zero-order valence-corrected chi connectivity index (χ0v) is 11.8. The molecule has 0 aliphatic carbocycles. The molecule has 0 bridgehead atoms. The Morgan fingerprint density at radius 1 is 1.48 bits per heavy atom. The summed E-state index contributed by atoms with van der Waals surface area (Å²) in [5.41, 5.74) is 0.243. The molecule has 21 heavy (non-hydrogen) atoms. The van der Waals surface area contributed by atoms with Gasteiger partial charge in [0.15, 0.2) is 10.9 Å². The van der Waals surface area contributed by atoms with E-state index in [9.17, 15) is 14.7 Å². The van der Waals surface area contributed by atoms with Crippen molar-refractivity contribution >= 4 is 23.4 Å². The molecule has 9 heteroatoms. The van der Waals surface area contributed by atoms with Crippen molar-refractivity contribution in [3.8, 4) is 0 Å². The summed E-state index contributed by atoms with van der Waals surface area (Å²) >= 11 is 1.05. The molecular formula is C12H11N5O3S. The molecule has 3 rings (SSSR count). The van der Waals surface area contributed by atoms with Gasteiger partial charge in [-0.05, 0) is 30.8 Å². The van der Waals surface area contributed by atoms with E-state index in [0.29, 0.717) is 22.4 Å². The van der Waals surface area contributed by atoms with Gasteiger partial charge in [0.2, 0.25) is 0 Å². The Morgan fingerprint density at radius 3 is 3.00 bits per heavy atom. The van der Waals surface area contributed by atoms with Crippen LogP contribution in [0.3, 0.4) is 0 Å². The fourth-order valence-corrected chi connectivity index (χ4v) is 2.99. The van der Waals surface area contributed by atoms with Gasteiger partial charge in [-0.15, -0.1) is 5.10 Å². The Labute approximate surface area is 122 Å². The zero-order valence-electron chi connectivity index (χ0n) is 11.0. The third-order valence-corrected chi connectivity index (χ3v) is 3.90. The van der Waals surface area contributed by atoms with E-state index in [4.69, 9.17) is 0 Å². The highest BCUT2D eigenvalue weighted by atomic mass is 32.2. The van der Waals surface area contributed by atoms with E-state index in [1.807, 2.05) is 6.92 Å². The lowest BCUT2D eigenvalue weighted by atomic mass is 10.4. The Bertz CT molecular complexity index is 879. The highest BCUT2D eigenvalue weighted by Crippen LogP contribution is 2.28. The van der Waals surface area contributed by atoms with Gasteiger partial charge in [-0.2, -0.15) is 0 Å². The van der Waals surface area contributed by atoms with E-state index in [0.717, 1.165) is 11.8 Å². The number of hydrogen-bond donors (Lipinski definition) is 2. The number of carboxylic acid groups (broad SMARTS) is 1. The largest absolute Gasteiger partial charge is 0.476 e. The van der Waals surface area contributed by atoms with Gasteiger partial charge in [0.25, 0.3) is 0 Å². The minimum absolute atomic E-state index is 0.0497. The first kappa shape index (κ1) is 13.4. The molecule has 3 aromatic rings. The van der Waals surface area contributed by atoms with Crippen LogP contribution < -0.4 is 5.69 Å². The van der Waals surface area contributed by atoms with Crippen molar-refractivity contribution in [1.82, 2.24) is 24.1 Å². The Hall–Kier alpha value is -2.55. The SMILES string of the molecule is CCn1c(Sc2nc3ccccn3c2C(=O)O)n[nH]c1=O. The predicted molar refractivity (Wildman–Crippen MR) is 74.8 cm³/mol. The number of nitrogens with zero attached hydrogens (tertiary/aromatic N) is 4. The number of carboxylic acids is 1. The molecule has 0 unspecified atom stereocenters. The molecule has 108 valence electrons. The molecule has 0 aliphatic heterocycles. The number of carbonyl (C=O) groups is 1. The highest BCUT2D eigenvalue weighted by Gasteiger charge is 2.21. The van der Waals surface area contributed by atoms with Crippen LogP contribution in [0.2, 0.25) is 0 Å². The predicted octanol–water partition coefficient (Wildman–Crippen LogP) is 1.09. The van der Waals surface area contributed by atoms with Gasteiger partial charge < -0.3 is 5.11 Å². The molecule has 0 radical (unpaired) electrons. The minimum atomic E-state index is -1.09. The Kier molecular flexibility index (Phi) is 3.26. The number of aromatic amines is 1. The fraction of sp³-hybridized carbons (Fsp3) is 0.167. The molecular weight excluding hydrogens is 294 g/mol.